The van der Waals surface area contributed by atoms with Crippen LogP contribution in [-0.4, -0.2) is 23.8 Å². The molecule has 0 atom stereocenters. The molecule has 1 saturated carbocycles. The van der Waals surface area contributed by atoms with Crippen molar-refractivity contribution in [3.63, 3.8) is 0 Å². The van der Waals surface area contributed by atoms with Crippen LogP contribution in [0.1, 0.15) is 30.4 Å². The van der Waals surface area contributed by atoms with Gasteiger partial charge in [-0.2, -0.15) is 0 Å². The van der Waals surface area contributed by atoms with E-state index in [0.29, 0.717) is 18.2 Å². The van der Waals surface area contributed by atoms with Crippen LogP contribution in [0.5, 0.6) is 0 Å². The van der Waals surface area contributed by atoms with E-state index in [1.807, 2.05) is 7.05 Å². The predicted molar refractivity (Wildman–Crippen MR) is 66.5 cm³/mol. The number of hydrogen-bond acceptors (Lipinski definition) is 2. The van der Waals surface area contributed by atoms with Crippen molar-refractivity contribution in [1.82, 2.24) is 4.90 Å². The van der Waals surface area contributed by atoms with Crippen molar-refractivity contribution in [2.24, 2.45) is 5.73 Å². The first-order chi connectivity index (χ1) is 8.09. The average molecular weight is 235 g/mol. The molecular weight excluding hydrogens is 217 g/mol. The summed E-state index contributed by atoms with van der Waals surface area (Å²) in [5.74, 6) is -0.568. The van der Waals surface area contributed by atoms with Crippen LogP contribution in [0.3, 0.4) is 0 Å². The molecule has 1 aromatic carbocycles. The van der Waals surface area contributed by atoms with Crippen LogP contribution in [0.4, 0.5) is 4.39 Å². The van der Waals surface area contributed by atoms with E-state index < -0.39 is 0 Å². The lowest BCUT2D eigenvalue weighted by Crippen LogP contribution is -2.36. The fourth-order valence-corrected chi connectivity index (χ4v) is 2.14. The van der Waals surface area contributed by atoms with Crippen molar-refractivity contribution in [2.75, 3.05) is 7.05 Å². The summed E-state index contributed by atoms with van der Waals surface area (Å²) in [6, 6.07) is 5.64. The maximum Gasteiger partial charge on any atom is 0.138 e. The van der Waals surface area contributed by atoms with Gasteiger partial charge in [-0.05, 0) is 26.0 Å². The Balaban J connectivity index is 2.15. The van der Waals surface area contributed by atoms with Gasteiger partial charge in [0, 0.05) is 18.2 Å². The monoisotopic (exact) mass is 235 g/mol. The second kappa shape index (κ2) is 4.84. The largest absolute Gasteiger partial charge is 0.384 e. The molecule has 1 fully saturated rings. The molecule has 0 aliphatic heterocycles. The van der Waals surface area contributed by atoms with Gasteiger partial charge < -0.3 is 5.73 Å². The van der Waals surface area contributed by atoms with Gasteiger partial charge in [0.25, 0.3) is 0 Å². The van der Waals surface area contributed by atoms with Crippen LogP contribution >= 0.6 is 0 Å². The van der Waals surface area contributed by atoms with Crippen LogP contribution in [0.25, 0.3) is 0 Å². The van der Waals surface area contributed by atoms with E-state index >= 15 is 0 Å². The predicted octanol–water partition coefficient (Wildman–Crippen LogP) is 2.09. The number of rotatable bonds is 4. The Hall–Kier alpha value is -1.42. The highest BCUT2D eigenvalue weighted by atomic mass is 19.1. The molecule has 0 spiro atoms. The lowest BCUT2D eigenvalue weighted by atomic mass is 9.91. The van der Waals surface area contributed by atoms with Crippen LogP contribution in [0, 0.1) is 11.2 Å². The minimum Gasteiger partial charge on any atom is -0.384 e. The third-order valence-corrected chi connectivity index (χ3v) is 3.49. The molecule has 4 heteroatoms. The van der Waals surface area contributed by atoms with E-state index in [9.17, 15) is 4.39 Å². The van der Waals surface area contributed by atoms with Crippen LogP contribution in [0.2, 0.25) is 0 Å². The lowest BCUT2D eigenvalue weighted by molar-refractivity contribution is 0.151. The molecule has 0 saturated heterocycles. The number of benzene rings is 1. The Bertz CT molecular complexity index is 427. The van der Waals surface area contributed by atoms with E-state index in [-0.39, 0.29) is 17.2 Å². The highest BCUT2D eigenvalue weighted by Gasteiger charge is 2.23. The number of nitrogen functional groups attached to an aromatic ring is 1. The number of nitrogens with zero attached hydrogens (tertiary/aromatic N) is 1. The maximum atomic E-state index is 14.0. The van der Waals surface area contributed by atoms with Crippen molar-refractivity contribution in [2.45, 2.75) is 31.8 Å². The van der Waals surface area contributed by atoms with Crippen LogP contribution < -0.4 is 5.73 Å². The molecule has 3 nitrogen and oxygen atoms in total. The third-order valence-electron chi connectivity index (χ3n) is 3.49. The molecule has 0 bridgehead atoms. The van der Waals surface area contributed by atoms with Crippen LogP contribution in [-0.2, 0) is 6.54 Å². The number of nitrogens with one attached hydrogen (secondary N) is 1. The average Bonchev–Trinajstić information content (AvgIpc) is 2.18. The Morgan fingerprint density at radius 3 is 2.76 bits per heavy atom. The number of halogens is 1. The smallest absolute Gasteiger partial charge is 0.138 e. The van der Waals surface area contributed by atoms with Gasteiger partial charge in [-0.3, -0.25) is 10.3 Å². The molecule has 1 aromatic rings. The molecule has 2 rings (SSSR count). The Morgan fingerprint density at radius 2 is 2.24 bits per heavy atom. The highest BCUT2D eigenvalue weighted by Crippen LogP contribution is 2.25. The molecule has 0 radical (unpaired) electrons. The summed E-state index contributed by atoms with van der Waals surface area (Å²) in [4.78, 5) is 2.17. The molecule has 1 aliphatic carbocycles. The van der Waals surface area contributed by atoms with E-state index in [2.05, 4.69) is 4.90 Å². The van der Waals surface area contributed by atoms with Gasteiger partial charge in [-0.25, -0.2) is 4.39 Å². The van der Waals surface area contributed by atoms with Gasteiger partial charge in [0.1, 0.15) is 11.7 Å². The second-order valence-electron chi connectivity index (χ2n) is 4.69. The molecule has 17 heavy (non-hydrogen) atoms. The van der Waals surface area contributed by atoms with E-state index in [0.717, 1.165) is 0 Å². The molecule has 0 aromatic heterocycles. The van der Waals surface area contributed by atoms with Crippen molar-refractivity contribution in [1.29, 1.82) is 5.41 Å². The second-order valence-corrected chi connectivity index (χ2v) is 4.69. The Kier molecular flexibility index (Phi) is 3.43. The molecular formula is C13H18FN3. The standard InChI is InChI=1S/C13H18FN3/c1-17(10-5-3-6-10)8-9-4-2-7-11(12(9)14)13(15)16/h2,4,7,10H,3,5-6,8H2,1H3,(H3,15,16). The van der Waals surface area contributed by atoms with Crippen molar-refractivity contribution in [3.05, 3.63) is 35.1 Å². The number of amidine groups is 1. The maximum absolute atomic E-state index is 14.0. The van der Waals surface area contributed by atoms with Gasteiger partial charge in [0.05, 0.1) is 5.56 Å². The molecule has 0 heterocycles. The third kappa shape index (κ3) is 2.47. The SMILES string of the molecule is CN(Cc1cccc(C(=N)N)c1F)C1CCC1. The van der Waals surface area contributed by atoms with E-state index in [4.69, 9.17) is 11.1 Å². The van der Waals surface area contributed by atoms with Gasteiger partial charge >= 0.3 is 0 Å². The molecule has 3 N–H and O–H groups in total. The molecule has 1 aliphatic rings. The zero-order valence-electron chi connectivity index (χ0n) is 10.0. The quantitative estimate of drug-likeness (QED) is 0.620. The molecule has 92 valence electrons. The summed E-state index contributed by atoms with van der Waals surface area (Å²) in [5.41, 5.74) is 6.16. The number of nitrogens with two attached hydrogens (primary N) is 1. The summed E-state index contributed by atoms with van der Waals surface area (Å²) in [5, 5.41) is 7.31. The normalized spacial score (nSPS) is 15.9. The minimum absolute atomic E-state index is 0.199. The van der Waals surface area contributed by atoms with Gasteiger partial charge in [0.2, 0.25) is 0 Å². The number of hydrogen-bond donors (Lipinski definition) is 2. The van der Waals surface area contributed by atoms with E-state index in [1.165, 1.54) is 19.3 Å². The fraction of sp³-hybridized carbons (Fsp3) is 0.462. The Morgan fingerprint density at radius 1 is 1.53 bits per heavy atom. The van der Waals surface area contributed by atoms with Crippen molar-refractivity contribution >= 4 is 5.84 Å². The van der Waals surface area contributed by atoms with Crippen LogP contribution in [0.15, 0.2) is 18.2 Å². The van der Waals surface area contributed by atoms with Gasteiger partial charge in [-0.1, -0.05) is 18.6 Å². The Labute approximate surface area is 101 Å². The summed E-state index contributed by atoms with van der Waals surface area (Å²) >= 11 is 0. The highest BCUT2D eigenvalue weighted by molar-refractivity contribution is 5.95. The summed E-state index contributed by atoms with van der Waals surface area (Å²) in [6.07, 6.45) is 3.67. The van der Waals surface area contributed by atoms with Gasteiger partial charge in [0.15, 0.2) is 0 Å². The topological polar surface area (TPSA) is 53.1 Å². The first kappa shape index (κ1) is 12.0. The minimum atomic E-state index is -0.355. The lowest BCUT2D eigenvalue weighted by Gasteiger charge is -2.34. The summed E-state index contributed by atoms with van der Waals surface area (Å²) in [7, 11) is 2.02. The first-order valence-corrected chi connectivity index (χ1v) is 5.91. The molecule has 0 amide bonds. The fourth-order valence-electron chi connectivity index (χ4n) is 2.14. The first-order valence-electron chi connectivity index (χ1n) is 5.91. The van der Waals surface area contributed by atoms with E-state index in [1.54, 1.807) is 18.2 Å². The van der Waals surface area contributed by atoms with Crippen molar-refractivity contribution < 1.29 is 4.39 Å². The molecule has 0 unspecified atom stereocenters. The van der Waals surface area contributed by atoms with Crippen molar-refractivity contribution in [3.8, 4) is 0 Å². The van der Waals surface area contributed by atoms with Gasteiger partial charge in [-0.15, -0.1) is 0 Å². The summed E-state index contributed by atoms with van der Waals surface area (Å²) in [6.45, 7) is 0.581. The zero-order valence-corrected chi connectivity index (χ0v) is 10.0. The zero-order chi connectivity index (χ0) is 12.4. The summed E-state index contributed by atoms with van der Waals surface area (Å²) < 4.78 is 14.0.